The van der Waals surface area contributed by atoms with E-state index in [0.717, 1.165) is 28.5 Å². The predicted molar refractivity (Wildman–Crippen MR) is 87.1 cm³/mol. The van der Waals surface area contributed by atoms with Gasteiger partial charge in [0, 0.05) is 18.9 Å². The zero-order chi connectivity index (χ0) is 16.4. The summed E-state index contributed by atoms with van der Waals surface area (Å²) in [5, 5.41) is 20.3. The molecule has 1 aliphatic rings. The van der Waals surface area contributed by atoms with Crippen LogP contribution < -0.4 is 5.11 Å². The number of nitrogens with zero attached hydrogens (tertiary/aromatic N) is 1. The smallest absolute Gasteiger partial charge is 0.266 e. The molecule has 0 aliphatic carbocycles. The molecule has 0 bridgehead atoms. The zero-order valence-electron chi connectivity index (χ0n) is 12.1. The molecule has 2 rings (SSSR count). The normalized spacial score (nSPS) is 16.6. The first-order chi connectivity index (χ1) is 10.3. The minimum Gasteiger partial charge on any atom is -0.550 e. The number of aliphatic carboxylic acids is 1. The molecule has 0 saturated carbocycles. The van der Waals surface area contributed by atoms with Crippen LogP contribution in [0.4, 0.5) is 0 Å². The van der Waals surface area contributed by atoms with Gasteiger partial charge in [-0.3, -0.25) is 9.69 Å². The third-order valence-corrected chi connectivity index (χ3v) is 4.60. The maximum atomic E-state index is 12.3. The van der Waals surface area contributed by atoms with Gasteiger partial charge in [0.25, 0.3) is 5.91 Å². The molecule has 1 amide bonds. The fourth-order valence-electron chi connectivity index (χ4n) is 2.12. The molecule has 1 saturated heterocycles. The van der Waals surface area contributed by atoms with E-state index in [-0.39, 0.29) is 24.6 Å². The van der Waals surface area contributed by atoms with E-state index in [4.69, 9.17) is 12.2 Å². The molecule has 0 aromatic heterocycles. The van der Waals surface area contributed by atoms with E-state index in [9.17, 15) is 19.8 Å². The van der Waals surface area contributed by atoms with Crippen molar-refractivity contribution in [1.82, 2.24) is 4.90 Å². The number of thioether (sulfide) groups is 1. The summed E-state index contributed by atoms with van der Waals surface area (Å²) in [5.74, 6) is -1.29. The van der Waals surface area contributed by atoms with Gasteiger partial charge in [-0.25, -0.2) is 0 Å². The Morgan fingerprint density at radius 1 is 1.41 bits per heavy atom. The predicted octanol–water partition coefficient (Wildman–Crippen LogP) is 1.35. The molecular formula is C15H14NO4S2-. The quantitative estimate of drug-likeness (QED) is 0.660. The van der Waals surface area contributed by atoms with E-state index in [1.54, 1.807) is 32.1 Å². The highest BCUT2D eigenvalue weighted by atomic mass is 32.2. The van der Waals surface area contributed by atoms with Crippen LogP contribution in [0, 0.1) is 13.8 Å². The molecule has 0 spiro atoms. The van der Waals surface area contributed by atoms with Gasteiger partial charge < -0.3 is 15.0 Å². The van der Waals surface area contributed by atoms with Crippen molar-refractivity contribution >= 4 is 46.3 Å². The van der Waals surface area contributed by atoms with Crippen LogP contribution in [0.1, 0.15) is 23.1 Å². The number of rotatable bonds is 4. The summed E-state index contributed by atoms with van der Waals surface area (Å²) in [6.07, 6.45) is 1.44. The number of carboxylic acid groups (broad SMARTS) is 1. The number of hydrogen-bond donors (Lipinski definition) is 1. The van der Waals surface area contributed by atoms with Crippen LogP contribution >= 0.6 is 24.0 Å². The lowest BCUT2D eigenvalue weighted by Gasteiger charge is -2.14. The van der Waals surface area contributed by atoms with E-state index in [2.05, 4.69) is 0 Å². The fraction of sp³-hybridized carbons (Fsp3) is 0.267. The topological polar surface area (TPSA) is 80.7 Å². The third kappa shape index (κ3) is 3.48. The van der Waals surface area contributed by atoms with Crippen molar-refractivity contribution in [1.29, 1.82) is 0 Å². The Balaban J connectivity index is 2.25. The van der Waals surface area contributed by atoms with Gasteiger partial charge in [0.2, 0.25) is 0 Å². The standard InChI is InChI=1S/C15H15NO4S2/c1-8-5-10(6-9(2)13(8)19)7-11-14(20)16(15(21)22-11)4-3-12(17)18/h5-7,19H,3-4H2,1-2H3,(H,17,18)/p-1/b11-7-. The fourth-order valence-corrected chi connectivity index (χ4v) is 3.43. The van der Waals surface area contributed by atoms with Crippen LogP contribution in [0.2, 0.25) is 0 Å². The first kappa shape index (κ1) is 16.5. The van der Waals surface area contributed by atoms with E-state index >= 15 is 0 Å². The number of phenols is 1. The summed E-state index contributed by atoms with van der Waals surface area (Å²) in [6.45, 7) is 3.58. The largest absolute Gasteiger partial charge is 0.550 e. The highest BCUT2D eigenvalue weighted by molar-refractivity contribution is 8.26. The summed E-state index contributed by atoms with van der Waals surface area (Å²) in [4.78, 5) is 24.5. The average molecular weight is 336 g/mol. The van der Waals surface area contributed by atoms with Crippen LogP contribution in [0.3, 0.4) is 0 Å². The number of thiocarbonyl (C=S) groups is 1. The number of carboxylic acids is 1. The van der Waals surface area contributed by atoms with Crippen molar-refractivity contribution < 1.29 is 19.8 Å². The summed E-state index contributed by atoms with van der Waals surface area (Å²) in [7, 11) is 0. The van der Waals surface area contributed by atoms with Crippen LogP contribution in [-0.2, 0) is 9.59 Å². The Bertz CT molecular complexity index is 674. The molecule has 1 aromatic carbocycles. The SMILES string of the molecule is Cc1cc(/C=C2\SC(=S)N(CCC(=O)[O-])C2=O)cc(C)c1O. The molecule has 0 unspecified atom stereocenters. The molecule has 1 fully saturated rings. The molecule has 1 aliphatic heterocycles. The monoisotopic (exact) mass is 336 g/mol. The minimum absolute atomic E-state index is 0.0119. The number of hydrogen-bond acceptors (Lipinski definition) is 6. The Morgan fingerprint density at radius 2 is 2.00 bits per heavy atom. The maximum Gasteiger partial charge on any atom is 0.266 e. The van der Waals surface area contributed by atoms with Crippen molar-refractivity contribution in [3.63, 3.8) is 0 Å². The lowest BCUT2D eigenvalue weighted by Crippen LogP contribution is -2.33. The second-order valence-corrected chi connectivity index (χ2v) is 6.63. The van der Waals surface area contributed by atoms with Gasteiger partial charge in [0.15, 0.2) is 0 Å². The van der Waals surface area contributed by atoms with Crippen molar-refractivity contribution in [3.8, 4) is 5.75 Å². The van der Waals surface area contributed by atoms with Crippen LogP contribution in [0.25, 0.3) is 6.08 Å². The second kappa shape index (κ2) is 6.50. The maximum absolute atomic E-state index is 12.3. The molecular weight excluding hydrogens is 322 g/mol. The first-order valence-corrected chi connectivity index (χ1v) is 7.77. The van der Waals surface area contributed by atoms with Gasteiger partial charge in [-0.1, -0.05) is 24.0 Å². The molecule has 5 nitrogen and oxygen atoms in total. The van der Waals surface area contributed by atoms with E-state index in [0.29, 0.717) is 9.23 Å². The molecule has 0 atom stereocenters. The zero-order valence-corrected chi connectivity index (χ0v) is 13.7. The van der Waals surface area contributed by atoms with Gasteiger partial charge in [0.05, 0.1) is 4.91 Å². The third-order valence-electron chi connectivity index (χ3n) is 3.22. The number of aryl methyl sites for hydroxylation is 2. The van der Waals surface area contributed by atoms with E-state index in [1.807, 2.05) is 0 Å². The van der Waals surface area contributed by atoms with Gasteiger partial charge >= 0.3 is 0 Å². The number of carbonyl (C=O) groups excluding carboxylic acids is 2. The molecule has 116 valence electrons. The molecule has 1 heterocycles. The first-order valence-electron chi connectivity index (χ1n) is 6.55. The summed E-state index contributed by atoms with van der Waals surface area (Å²) in [5.41, 5.74) is 2.23. The molecule has 1 N–H and O–H groups in total. The molecule has 0 radical (unpaired) electrons. The van der Waals surface area contributed by atoms with Gasteiger partial charge in [-0.05, 0) is 48.7 Å². The van der Waals surface area contributed by atoms with Crippen LogP contribution in [0.5, 0.6) is 5.75 Å². The summed E-state index contributed by atoms with van der Waals surface area (Å²) < 4.78 is 0.338. The molecule has 1 aromatic rings. The van der Waals surface area contributed by atoms with E-state index in [1.165, 1.54) is 4.90 Å². The van der Waals surface area contributed by atoms with Crippen LogP contribution in [0.15, 0.2) is 17.0 Å². The van der Waals surface area contributed by atoms with Crippen molar-refractivity contribution in [2.24, 2.45) is 0 Å². The average Bonchev–Trinajstić information content (AvgIpc) is 2.68. The lowest BCUT2D eigenvalue weighted by molar-refractivity contribution is -0.305. The Kier molecular flexibility index (Phi) is 4.87. The van der Waals surface area contributed by atoms with Crippen molar-refractivity contribution in [2.75, 3.05) is 6.54 Å². The highest BCUT2D eigenvalue weighted by Gasteiger charge is 2.31. The summed E-state index contributed by atoms with van der Waals surface area (Å²) >= 11 is 6.25. The van der Waals surface area contributed by atoms with Crippen molar-refractivity contribution in [3.05, 3.63) is 33.7 Å². The Hall–Kier alpha value is -1.86. The number of phenolic OH excluding ortho intramolecular Hbond substituents is 1. The minimum atomic E-state index is -1.22. The van der Waals surface area contributed by atoms with Gasteiger partial charge in [0.1, 0.15) is 10.1 Å². The van der Waals surface area contributed by atoms with Gasteiger partial charge in [-0.2, -0.15) is 0 Å². The second-order valence-electron chi connectivity index (χ2n) is 4.96. The van der Waals surface area contributed by atoms with Crippen molar-refractivity contribution in [2.45, 2.75) is 20.3 Å². The lowest BCUT2D eigenvalue weighted by atomic mass is 10.1. The number of benzene rings is 1. The summed E-state index contributed by atoms with van der Waals surface area (Å²) in [6, 6.07) is 3.55. The number of carbonyl (C=O) groups is 2. The Labute approximate surface area is 137 Å². The van der Waals surface area contributed by atoms with E-state index < -0.39 is 5.97 Å². The number of aromatic hydroxyl groups is 1. The Morgan fingerprint density at radius 3 is 2.55 bits per heavy atom. The van der Waals surface area contributed by atoms with Crippen LogP contribution in [-0.4, -0.2) is 32.7 Å². The highest BCUT2D eigenvalue weighted by Crippen LogP contribution is 2.33. The van der Waals surface area contributed by atoms with Gasteiger partial charge in [-0.15, -0.1) is 0 Å². The molecule has 7 heteroatoms. The molecule has 22 heavy (non-hydrogen) atoms. The number of amides is 1.